The molecule has 1 heterocycles. The molecule has 0 fully saturated rings. The van der Waals surface area contributed by atoms with Crippen LogP contribution in [0.15, 0.2) is 18.3 Å². The van der Waals surface area contributed by atoms with Gasteiger partial charge < -0.3 is 0 Å². The van der Waals surface area contributed by atoms with Gasteiger partial charge in [-0.2, -0.15) is 0 Å². The molecule has 0 amide bonds. The molecule has 60 valence electrons. The Morgan fingerprint density at radius 1 is 1.73 bits per heavy atom. The standard InChI is InChI=1S/C7H9FN2O/c1-5(11-9)7-4-6(8)2-3-10-7/h2-5H,9H2,1H3. The summed E-state index contributed by atoms with van der Waals surface area (Å²) in [5, 5.41) is 0. The van der Waals surface area contributed by atoms with Crippen LogP contribution in [0, 0.1) is 5.82 Å². The zero-order valence-electron chi connectivity index (χ0n) is 6.12. The fraction of sp³-hybridized carbons (Fsp3) is 0.286. The largest absolute Gasteiger partial charge is 0.295 e. The topological polar surface area (TPSA) is 48.1 Å². The van der Waals surface area contributed by atoms with Crippen molar-refractivity contribution >= 4 is 0 Å². The van der Waals surface area contributed by atoms with Gasteiger partial charge in [0, 0.05) is 6.20 Å². The van der Waals surface area contributed by atoms with Crippen LogP contribution >= 0.6 is 0 Å². The zero-order valence-corrected chi connectivity index (χ0v) is 6.12. The van der Waals surface area contributed by atoms with E-state index in [0.717, 1.165) is 0 Å². The molecule has 1 aromatic rings. The van der Waals surface area contributed by atoms with Gasteiger partial charge in [-0.1, -0.05) is 0 Å². The summed E-state index contributed by atoms with van der Waals surface area (Å²) in [5.74, 6) is 4.56. The van der Waals surface area contributed by atoms with Crippen molar-refractivity contribution in [3.63, 3.8) is 0 Å². The van der Waals surface area contributed by atoms with Gasteiger partial charge in [0.1, 0.15) is 11.9 Å². The highest BCUT2D eigenvalue weighted by molar-refractivity contribution is 5.07. The number of hydrogen-bond acceptors (Lipinski definition) is 3. The lowest BCUT2D eigenvalue weighted by Crippen LogP contribution is -2.07. The van der Waals surface area contributed by atoms with Crippen molar-refractivity contribution in [1.82, 2.24) is 4.98 Å². The maximum Gasteiger partial charge on any atom is 0.126 e. The Balaban J connectivity index is 2.86. The molecule has 1 aromatic heterocycles. The van der Waals surface area contributed by atoms with E-state index in [4.69, 9.17) is 5.90 Å². The first-order valence-corrected chi connectivity index (χ1v) is 3.21. The number of nitrogens with two attached hydrogens (primary N) is 1. The second-order valence-electron chi connectivity index (χ2n) is 2.18. The molecule has 11 heavy (non-hydrogen) atoms. The maximum absolute atomic E-state index is 12.5. The van der Waals surface area contributed by atoms with Crippen LogP contribution in [-0.4, -0.2) is 4.98 Å². The molecule has 0 saturated carbocycles. The third kappa shape index (κ3) is 1.96. The highest BCUT2D eigenvalue weighted by atomic mass is 19.1. The molecule has 0 aromatic carbocycles. The molecule has 0 spiro atoms. The van der Waals surface area contributed by atoms with Crippen molar-refractivity contribution in [1.29, 1.82) is 0 Å². The number of hydrogen-bond donors (Lipinski definition) is 1. The van der Waals surface area contributed by atoms with Crippen LogP contribution in [0.1, 0.15) is 18.7 Å². The van der Waals surface area contributed by atoms with Gasteiger partial charge in [0.05, 0.1) is 5.69 Å². The first-order chi connectivity index (χ1) is 5.24. The Labute approximate surface area is 64.0 Å². The van der Waals surface area contributed by atoms with E-state index in [-0.39, 0.29) is 11.9 Å². The summed E-state index contributed by atoms with van der Waals surface area (Å²) in [6.07, 6.45) is 1.01. The van der Waals surface area contributed by atoms with Gasteiger partial charge in [-0.05, 0) is 19.1 Å². The van der Waals surface area contributed by atoms with E-state index >= 15 is 0 Å². The van der Waals surface area contributed by atoms with Gasteiger partial charge in [0.25, 0.3) is 0 Å². The summed E-state index contributed by atoms with van der Waals surface area (Å²) in [6.45, 7) is 1.70. The molecule has 2 N–H and O–H groups in total. The van der Waals surface area contributed by atoms with Crippen LogP contribution < -0.4 is 5.90 Å². The van der Waals surface area contributed by atoms with Gasteiger partial charge in [-0.25, -0.2) is 10.3 Å². The quantitative estimate of drug-likeness (QED) is 0.654. The monoisotopic (exact) mass is 156 g/mol. The molecule has 1 atom stereocenters. The predicted octanol–water partition coefficient (Wildman–Crippen LogP) is 1.17. The molecule has 1 rings (SSSR count). The summed E-state index contributed by atoms with van der Waals surface area (Å²) in [6, 6.07) is 2.56. The summed E-state index contributed by atoms with van der Waals surface area (Å²) >= 11 is 0. The van der Waals surface area contributed by atoms with E-state index < -0.39 is 0 Å². The van der Waals surface area contributed by atoms with E-state index in [0.29, 0.717) is 5.69 Å². The van der Waals surface area contributed by atoms with Crippen molar-refractivity contribution in [2.45, 2.75) is 13.0 Å². The highest BCUT2D eigenvalue weighted by Crippen LogP contribution is 2.11. The minimum absolute atomic E-state index is 0.334. The predicted molar refractivity (Wildman–Crippen MR) is 37.9 cm³/mol. The van der Waals surface area contributed by atoms with Crippen molar-refractivity contribution in [2.24, 2.45) is 5.90 Å². The fourth-order valence-electron chi connectivity index (χ4n) is 0.713. The smallest absolute Gasteiger partial charge is 0.126 e. The first-order valence-electron chi connectivity index (χ1n) is 3.21. The summed E-state index contributed by atoms with van der Waals surface area (Å²) in [5.41, 5.74) is 0.493. The molecule has 0 bridgehead atoms. The molecule has 0 radical (unpaired) electrons. The summed E-state index contributed by atoms with van der Waals surface area (Å²) < 4.78 is 12.5. The lowest BCUT2D eigenvalue weighted by atomic mass is 10.2. The molecule has 0 aliphatic heterocycles. The Bertz CT molecular complexity index is 242. The van der Waals surface area contributed by atoms with Crippen LogP contribution in [0.3, 0.4) is 0 Å². The number of pyridine rings is 1. The third-order valence-electron chi connectivity index (χ3n) is 1.36. The Morgan fingerprint density at radius 2 is 2.45 bits per heavy atom. The molecule has 4 heteroatoms. The first kappa shape index (κ1) is 8.10. The van der Waals surface area contributed by atoms with Crippen LogP contribution in [0.2, 0.25) is 0 Å². The number of nitrogens with zero attached hydrogens (tertiary/aromatic N) is 1. The summed E-state index contributed by atoms with van der Waals surface area (Å²) in [4.78, 5) is 8.33. The Kier molecular flexibility index (Phi) is 2.51. The summed E-state index contributed by atoms with van der Waals surface area (Å²) in [7, 11) is 0. The van der Waals surface area contributed by atoms with E-state index in [9.17, 15) is 4.39 Å². The van der Waals surface area contributed by atoms with Crippen LogP contribution in [-0.2, 0) is 4.84 Å². The van der Waals surface area contributed by atoms with Gasteiger partial charge >= 0.3 is 0 Å². The SMILES string of the molecule is CC(ON)c1cc(F)ccn1. The molecular formula is C7H9FN2O. The van der Waals surface area contributed by atoms with E-state index in [2.05, 4.69) is 9.82 Å². The second-order valence-corrected chi connectivity index (χ2v) is 2.18. The van der Waals surface area contributed by atoms with Gasteiger partial charge in [0.2, 0.25) is 0 Å². The minimum atomic E-state index is -0.370. The van der Waals surface area contributed by atoms with E-state index in [1.165, 1.54) is 18.3 Å². The van der Waals surface area contributed by atoms with Crippen LogP contribution in [0.5, 0.6) is 0 Å². The molecule has 0 aliphatic rings. The molecule has 3 nitrogen and oxygen atoms in total. The lowest BCUT2D eigenvalue weighted by Gasteiger charge is -2.06. The van der Waals surface area contributed by atoms with Crippen molar-refractivity contribution in [3.8, 4) is 0 Å². The lowest BCUT2D eigenvalue weighted by molar-refractivity contribution is 0.0632. The van der Waals surface area contributed by atoms with Crippen molar-refractivity contribution in [2.75, 3.05) is 0 Å². The van der Waals surface area contributed by atoms with Crippen LogP contribution in [0.25, 0.3) is 0 Å². The zero-order chi connectivity index (χ0) is 8.27. The van der Waals surface area contributed by atoms with E-state index in [1.807, 2.05) is 0 Å². The minimum Gasteiger partial charge on any atom is -0.295 e. The van der Waals surface area contributed by atoms with Crippen LogP contribution in [0.4, 0.5) is 4.39 Å². The van der Waals surface area contributed by atoms with Crippen molar-refractivity contribution in [3.05, 3.63) is 29.8 Å². The average molecular weight is 156 g/mol. The Hall–Kier alpha value is -1.00. The fourth-order valence-corrected chi connectivity index (χ4v) is 0.713. The average Bonchev–Trinajstić information content (AvgIpc) is 2.03. The highest BCUT2D eigenvalue weighted by Gasteiger charge is 2.05. The number of halogens is 1. The normalized spacial score (nSPS) is 13.0. The van der Waals surface area contributed by atoms with Gasteiger partial charge in [-0.3, -0.25) is 9.82 Å². The number of aromatic nitrogens is 1. The number of rotatable bonds is 2. The van der Waals surface area contributed by atoms with Gasteiger partial charge in [-0.15, -0.1) is 0 Å². The van der Waals surface area contributed by atoms with E-state index in [1.54, 1.807) is 6.92 Å². The molecule has 1 unspecified atom stereocenters. The Morgan fingerprint density at radius 3 is 3.00 bits per heavy atom. The molecule has 0 aliphatic carbocycles. The molecular weight excluding hydrogens is 147 g/mol. The second kappa shape index (κ2) is 3.41. The van der Waals surface area contributed by atoms with Gasteiger partial charge in [0.15, 0.2) is 0 Å². The van der Waals surface area contributed by atoms with Crippen molar-refractivity contribution < 1.29 is 9.23 Å². The molecule has 0 saturated heterocycles. The third-order valence-corrected chi connectivity index (χ3v) is 1.36. The maximum atomic E-state index is 12.5.